The van der Waals surface area contributed by atoms with E-state index in [0.29, 0.717) is 18.5 Å². The number of amides is 1. The molecule has 0 aromatic carbocycles. The fourth-order valence-electron chi connectivity index (χ4n) is 2.66. The van der Waals surface area contributed by atoms with Crippen LogP contribution in [0.25, 0.3) is 0 Å². The molecule has 1 fully saturated rings. The Hall–Kier alpha value is -0.570. The third kappa shape index (κ3) is 4.97. The number of carbonyl (C=O) groups excluding carboxylic acids is 1. The van der Waals surface area contributed by atoms with Crippen LogP contribution in [-0.2, 0) is 4.79 Å². The molecule has 0 spiro atoms. The fourth-order valence-corrected chi connectivity index (χ4v) is 2.66. The van der Waals surface area contributed by atoms with E-state index in [2.05, 4.69) is 38.3 Å². The summed E-state index contributed by atoms with van der Waals surface area (Å²) in [6.07, 6.45) is 6.43. The van der Waals surface area contributed by atoms with Crippen LogP contribution < -0.4 is 10.6 Å². The van der Waals surface area contributed by atoms with Crippen LogP contribution >= 0.6 is 0 Å². The molecule has 3 atom stereocenters. The SMILES string of the molecule is CCC1CCCCC1NCC(=O)NC(C)C(C)C. The molecular formula is C15H30N2O. The van der Waals surface area contributed by atoms with Gasteiger partial charge in [0.1, 0.15) is 0 Å². The summed E-state index contributed by atoms with van der Waals surface area (Å²) in [5.74, 6) is 1.39. The Bertz CT molecular complexity index is 253. The van der Waals surface area contributed by atoms with Gasteiger partial charge in [-0.1, -0.05) is 40.0 Å². The summed E-state index contributed by atoms with van der Waals surface area (Å²) in [5, 5.41) is 6.50. The molecule has 3 heteroatoms. The number of hydrogen-bond donors (Lipinski definition) is 2. The van der Waals surface area contributed by atoms with Crippen LogP contribution in [0.2, 0.25) is 0 Å². The third-order valence-electron chi connectivity index (χ3n) is 4.35. The van der Waals surface area contributed by atoms with Crippen LogP contribution in [0.15, 0.2) is 0 Å². The quantitative estimate of drug-likeness (QED) is 0.765. The van der Waals surface area contributed by atoms with Gasteiger partial charge in [0.25, 0.3) is 0 Å². The van der Waals surface area contributed by atoms with Crippen molar-refractivity contribution in [3.05, 3.63) is 0 Å². The van der Waals surface area contributed by atoms with Crippen LogP contribution in [0.3, 0.4) is 0 Å². The highest BCUT2D eigenvalue weighted by Gasteiger charge is 2.23. The second-order valence-corrected chi connectivity index (χ2v) is 6.04. The monoisotopic (exact) mass is 254 g/mol. The van der Waals surface area contributed by atoms with Crippen molar-refractivity contribution in [2.45, 2.75) is 71.9 Å². The molecule has 1 aliphatic rings. The lowest BCUT2D eigenvalue weighted by Gasteiger charge is -2.31. The Balaban J connectivity index is 2.28. The van der Waals surface area contributed by atoms with Gasteiger partial charge in [-0.3, -0.25) is 4.79 Å². The van der Waals surface area contributed by atoms with Gasteiger partial charge >= 0.3 is 0 Å². The van der Waals surface area contributed by atoms with E-state index < -0.39 is 0 Å². The van der Waals surface area contributed by atoms with Gasteiger partial charge in [0.2, 0.25) is 5.91 Å². The molecule has 0 aromatic rings. The summed E-state index contributed by atoms with van der Waals surface area (Å²) >= 11 is 0. The zero-order valence-electron chi connectivity index (χ0n) is 12.5. The largest absolute Gasteiger partial charge is 0.352 e. The summed E-state index contributed by atoms with van der Waals surface area (Å²) in [6.45, 7) is 9.06. The van der Waals surface area contributed by atoms with Crippen molar-refractivity contribution in [3.63, 3.8) is 0 Å². The molecule has 1 rings (SSSR count). The molecular weight excluding hydrogens is 224 g/mol. The molecule has 1 amide bonds. The van der Waals surface area contributed by atoms with Crippen LogP contribution in [0.5, 0.6) is 0 Å². The molecule has 0 aliphatic heterocycles. The van der Waals surface area contributed by atoms with E-state index >= 15 is 0 Å². The number of carbonyl (C=O) groups is 1. The Morgan fingerprint density at radius 2 is 1.89 bits per heavy atom. The zero-order chi connectivity index (χ0) is 13.5. The average molecular weight is 254 g/mol. The molecule has 0 aromatic heterocycles. The fraction of sp³-hybridized carbons (Fsp3) is 0.933. The van der Waals surface area contributed by atoms with Crippen molar-refractivity contribution in [1.82, 2.24) is 10.6 Å². The summed E-state index contributed by atoms with van der Waals surface area (Å²) in [6, 6.07) is 0.802. The summed E-state index contributed by atoms with van der Waals surface area (Å²) in [4.78, 5) is 11.8. The zero-order valence-corrected chi connectivity index (χ0v) is 12.5. The van der Waals surface area contributed by atoms with Gasteiger partial charge in [-0.25, -0.2) is 0 Å². The van der Waals surface area contributed by atoms with E-state index in [1.807, 2.05) is 0 Å². The average Bonchev–Trinajstić information content (AvgIpc) is 2.36. The molecule has 1 saturated carbocycles. The molecule has 18 heavy (non-hydrogen) atoms. The summed E-state index contributed by atoms with van der Waals surface area (Å²) in [7, 11) is 0. The Labute approximate surface area is 112 Å². The van der Waals surface area contributed by atoms with Gasteiger partial charge in [0.05, 0.1) is 6.54 Å². The molecule has 0 bridgehead atoms. The van der Waals surface area contributed by atoms with Crippen molar-refractivity contribution in [2.75, 3.05) is 6.54 Å². The van der Waals surface area contributed by atoms with E-state index in [4.69, 9.17) is 0 Å². The van der Waals surface area contributed by atoms with Crippen LogP contribution in [-0.4, -0.2) is 24.5 Å². The van der Waals surface area contributed by atoms with Gasteiger partial charge < -0.3 is 10.6 Å². The standard InChI is InChI=1S/C15H30N2O/c1-5-13-8-6-7-9-14(13)16-10-15(18)17-12(4)11(2)3/h11-14,16H,5-10H2,1-4H3,(H,17,18). The Morgan fingerprint density at radius 3 is 2.50 bits per heavy atom. The van der Waals surface area contributed by atoms with E-state index in [1.165, 1.54) is 32.1 Å². The van der Waals surface area contributed by atoms with E-state index in [9.17, 15) is 4.79 Å². The molecule has 1 aliphatic carbocycles. The van der Waals surface area contributed by atoms with Gasteiger partial charge in [-0.05, 0) is 31.6 Å². The highest BCUT2D eigenvalue weighted by molar-refractivity contribution is 5.78. The predicted molar refractivity (Wildman–Crippen MR) is 76.5 cm³/mol. The maximum absolute atomic E-state index is 11.8. The van der Waals surface area contributed by atoms with Gasteiger partial charge in [0, 0.05) is 12.1 Å². The highest BCUT2D eigenvalue weighted by Crippen LogP contribution is 2.26. The van der Waals surface area contributed by atoms with E-state index in [-0.39, 0.29) is 11.9 Å². The number of hydrogen-bond acceptors (Lipinski definition) is 2. The van der Waals surface area contributed by atoms with Gasteiger partial charge in [0.15, 0.2) is 0 Å². The molecule has 0 saturated heterocycles. The van der Waals surface area contributed by atoms with Crippen LogP contribution in [0.4, 0.5) is 0 Å². The minimum Gasteiger partial charge on any atom is -0.352 e. The maximum atomic E-state index is 11.8. The van der Waals surface area contributed by atoms with Crippen LogP contribution in [0.1, 0.15) is 59.8 Å². The Morgan fingerprint density at radius 1 is 1.22 bits per heavy atom. The minimum atomic E-state index is 0.136. The normalized spacial score (nSPS) is 26.1. The predicted octanol–water partition coefficient (Wildman–Crippen LogP) is 2.71. The van der Waals surface area contributed by atoms with E-state index in [0.717, 1.165) is 5.92 Å². The second kappa shape index (κ2) is 7.78. The van der Waals surface area contributed by atoms with Crippen LogP contribution in [0, 0.1) is 11.8 Å². The molecule has 0 heterocycles. The maximum Gasteiger partial charge on any atom is 0.234 e. The number of nitrogens with one attached hydrogen (secondary N) is 2. The molecule has 106 valence electrons. The lowest BCUT2D eigenvalue weighted by molar-refractivity contribution is -0.121. The van der Waals surface area contributed by atoms with Crippen molar-refractivity contribution < 1.29 is 4.79 Å². The lowest BCUT2D eigenvalue weighted by Crippen LogP contribution is -2.46. The first-order valence-electron chi connectivity index (χ1n) is 7.57. The summed E-state index contributed by atoms with van der Waals surface area (Å²) < 4.78 is 0. The van der Waals surface area contributed by atoms with Gasteiger partial charge in [-0.15, -0.1) is 0 Å². The van der Waals surface area contributed by atoms with Gasteiger partial charge in [-0.2, -0.15) is 0 Å². The summed E-state index contributed by atoms with van der Waals surface area (Å²) in [5.41, 5.74) is 0. The van der Waals surface area contributed by atoms with Crippen molar-refractivity contribution in [1.29, 1.82) is 0 Å². The highest BCUT2D eigenvalue weighted by atomic mass is 16.1. The Kier molecular flexibility index (Phi) is 6.69. The first-order valence-corrected chi connectivity index (χ1v) is 7.57. The molecule has 0 radical (unpaired) electrons. The van der Waals surface area contributed by atoms with Crippen molar-refractivity contribution in [3.8, 4) is 0 Å². The smallest absolute Gasteiger partial charge is 0.234 e. The first-order chi connectivity index (χ1) is 8.54. The topological polar surface area (TPSA) is 41.1 Å². The lowest BCUT2D eigenvalue weighted by atomic mass is 9.83. The second-order valence-electron chi connectivity index (χ2n) is 6.04. The first kappa shape index (κ1) is 15.5. The molecule has 2 N–H and O–H groups in total. The number of rotatable bonds is 6. The van der Waals surface area contributed by atoms with Crippen molar-refractivity contribution in [2.24, 2.45) is 11.8 Å². The minimum absolute atomic E-state index is 0.136. The molecule has 3 unspecified atom stereocenters. The van der Waals surface area contributed by atoms with Crippen molar-refractivity contribution >= 4 is 5.91 Å². The third-order valence-corrected chi connectivity index (χ3v) is 4.35. The van der Waals surface area contributed by atoms with E-state index in [1.54, 1.807) is 0 Å². The molecule has 3 nitrogen and oxygen atoms in total.